The molecule has 2 heterocycles. The van der Waals surface area contributed by atoms with Crippen LogP contribution in [0.1, 0.15) is 11.4 Å². The molecule has 0 radical (unpaired) electrons. The summed E-state index contributed by atoms with van der Waals surface area (Å²) in [5, 5.41) is 14.8. The van der Waals surface area contributed by atoms with E-state index in [1.165, 1.54) is 0 Å². The fourth-order valence-electron chi connectivity index (χ4n) is 1.41. The van der Waals surface area contributed by atoms with E-state index >= 15 is 0 Å². The highest BCUT2D eigenvalue weighted by Crippen LogP contribution is 2.06. The summed E-state index contributed by atoms with van der Waals surface area (Å²) in [4.78, 5) is 11.0. The minimum Gasteiger partial charge on any atom is -0.349 e. The van der Waals surface area contributed by atoms with E-state index in [9.17, 15) is 4.79 Å². The zero-order valence-electron chi connectivity index (χ0n) is 10.3. The van der Waals surface area contributed by atoms with Gasteiger partial charge in [-0.1, -0.05) is 5.21 Å². The highest BCUT2D eigenvalue weighted by Gasteiger charge is 2.07. The summed E-state index contributed by atoms with van der Waals surface area (Å²) in [5.41, 5.74) is 6.87. The zero-order chi connectivity index (χ0) is 13.1. The van der Waals surface area contributed by atoms with Gasteiger partial charge >= 0.3 is 0 Å². The van der Waals surface area contributed by atoms with Gasteiger partial charge in [0.25, 0.3) is 0 Å². The molecule has 0 aliphatic rings. The molecule has 0 aliphatic heterocycles. The number of nitrogens with one attached hydrogen (secondary N) is 1. The van der Waals surface area contributed by atoms with Crippen molar-refractivity contribution in [1.82, 2.24) is 30.1 Å². The van der Waals surface area contributed by atoms with Gasteiger partial charge in [-0.2, -0.15) is 5.10 Å². The third-order valence-electron chi connectivity index (χ3n) is 2.53. The van der Waals surface area contributed by atoms with Crippen molar-refractivity contribution < 1.29 is 4.79 Å². The average molecular weight is 249 g/mol. The summed E-state index contributed by atoms with van der Waals surface area (Å²) in [7, 11) is 1.86. The van der Waals surface area contributed by atoms with Gasteiger partial charge in [0.2, 0.25) is 5.91 Å². The van der Waals surface area contributed by atoms with Crippen molar-refractivity contribution in [1.29, 1.82) is 0 Å². The van der Waals surface area contributed by atoms with Gasteiger partial charge in [-0.05, 0) is 6.92 Å². The Morgan fingerprint density at radius 2 is 2.33 bits per heavy atom. The Balaban J connectivity index is 2.08. The van der Waals surface area contributed by atoms with Crippen molar-refractivity contribution in [3.05, 3.63) is 23.7 Å². The van der Waals surface area contributed by atoms with Gasteiger partial charge in [0, 0.05) is 18.8 Å². The first-order valence-electron chi connectivity index (χ1n) is 5.49. The fourth-order valence-corrected chi connectivity index (χ4v) is 1.41. The molecule has 0 fully saturated rings. The molecule has 0 bridgehead atoms. The molecule has 0 aliphatic carbocycles. The maximum atomic E-state index is 11.0. The molecule has 3 N–H and O–H groups in total. The lowest BCUT2D eigenvalue weighted by Crippen LogP contribution is -2.29. The van der Waals surface area contributed by atoms with Crippen molar-refractivity contribution in [2.24, 2.45) is 12.8 Å². The smallest absolute Gasteiger partial charge is 0.234 e. The quantitative estimate of drug-likeness (QED) is 0.714. The molecular formula is C10H15N7O. The predicted molar refractivity (Wildman–Crippen MR) is 63.8 cm³/mol. The van der Waals surface area contributed by atoms with E-state index in [0.29, 0.717) is 18.1 Å². The monoisotopic (exact) mass is 249 g/mol. The minimum absolute atomic E-state index is 0.0342. The molecule has 8 heteroatoms. The first kappa shape index (κ1) is 12.2. The van der Waals surface area contributed by atoms with Crippen molar-refractivity contribution in [2.75, 3.05) is 6.54 Å². The summed E-state index contributed by atoms with van der Waals surface area (Å²) < 4.78 is 3.32. The van der Waals surface area contributed by atoms with Gasteiger partial charge in [0.1, 0.15) is 5.69 Å². The van der Waals surface area contributed by atoms with Gasteiger partial charge in [0.15, 0.2) is 5.82 Å². The van der Waals surface area contributed by atoms with Crippen molar-refractivity contribution in [3.8, 4) is 5.82 Å². The number of aryl methyl sites for hydroxylation is 2. The van der Waals surface area contributed by atoms with Crippen LogP contribution in [0.4, 0.5) is 0 Å². The van der Waals surface area contributed by atoms with Crippen molar-refractivity contribution in [3.63, 3.8) is 0 Å². The normalized spacial score (nSPS) is 10.6. The predicted octanol–water partition coefficient (Wildman–Crippen LogP) is -1.12. The van der Waals surface area contributed by atoms with Crippen LogP contribution in [0.25, 0.3) is 5.82 Å². The van der Waals surface area contributed by atoms with Gasteiger partial charge < -0.3 is 11.1 Å². The Labute approximate surface area is 104 Å². The van der Waals surface area contributed by atoms with Crippen LogP contribution in [-0.4, -0.2) is 37.2 Å². The van der Waals surface area contributed by atoms with E-state index in [2.05, 4.69) is 20.7 Å². The molecule has 0 atom stereocenters. The molecule has 0 saturated heterocycles. The maximum absolute atomic E-state index is 11.0. The zero-order valence-corrected chi connectivity index (χ0v) is 10.3. The van der Waals surface area contributed by atoms with Crippen LogP contribution in [0, 0.1) is 6.92 Å². The van der Waals surface area contributed by atoms with E-state index in [-0.39, 0.29) is 12.5 Å². The second-order valence-corrected chi connectivity index (χ2v) is 3.90. The van der Waals surface area contributed by atoms with Gasteiger partial charge in [-0.3, -0.25) is 9.48 Å². The largest absolute Gasteiger partial charge is 0.349 e. The molecule has 2 rings (SSSR count). The summed E-state index contributed by atoms with van der Waals surface area (Å²) in [6.45, 7) is 2.23. The van der Waals surface area contributed by atoms with Gasteiger partial charge in [-0.15, -0.1) is 5.10 Å². The SMILES string of the molecule is Cc1cc(-n2cc(CNC(=O)CN)nn2)nn1C. The molecule has 0 aromatic carbocycles. The third kappa shape index (κ3) is 2.54. The maximum Gasteiger partial charge on any atom is 0.234 e. The lowest BCUT2D eigenvalue weighted by molar-refractivity contribution is -0.119. The van der Waals surface area contributed by atoms with Gasteiger partial charge in [-0.25, -0.2) is 4.68 Å². The summed E-state index contributed by atoms with van der Waals surface area (Å²) in [5.74, 6) is 0.470. The van der Waals surface area contributed by atoms with Gasteiger partial charge in [0.05, 0.1) is 19.3 Å². The number of rotatable bonds is 4. The minimum atomic E-state index is -0.224. The highest BCUT2D eigenvalue weighted by atomic mass is 16.1. The van der Waals surface area contributed by atoms with Crippen LogP contribution in [-0.2, 0) is 18.4 Å². The highest BCUT2D eigenvalue weighted by molar-refractivity contribution is 5.77. The van der Waals surface area contributed by atoms with Crippen LogP contribution >= 0.6 is 0 Å². The Bertz CT molecular complexity index is 537. The van der Waals surface area contributed by atoms with Crippen LogP contribution in [0.15, 0.2) is 12.3 Å². The summed E-state index contributed by atoms with van der Waals surface area (Å²) in [6, 6.07) is 1.90. The Morgan fingerprint density at radius 3 is 2.94 bits per heavy atom. The number of nitrogens with zero attached hydrogens (tertiary/aromatic N) is 5. The van der Waals surface area contributed by atoms with Crippen molar-refractivity contribution >= 4 is 5.91 Å². The number of nitrogens with two attached hydrogens (primary N) is 1. The molecule has 8 nitrogen and oxygen atoms in total. The fraction of sp³-hybridized carbons (Fsp3) is 0.400. The number of amides is 1. The first-order chi connectivity index (χ1) is 8.60. The lowest BCUT2D eigenvalue weighted by Gasteiger charge is -1.98. The number of carbonyl (C=O) groups is 1. The second-order valence-electron chi connectivity index (χ2n) is 3.90. The second kappa shape index (κ2) is 4.96. The molecule has 96 valence electrons. The lowest BCUT2D eigenvalue weighted by atomic mass is 10.4. The Kier molecular flexibility index (Phi) is 3.38. The Hall–Kier alpha value is -2.22. The van der Waals surface area contributed by atoms with E-state index < -0.39 is 0 Å². The van der Waals surface area contributed by atoms with E-state index in [1.54, 1.807) is 15.6 Å². The van der Waals surface area contributed by atoms with E-state index in [0.717, 1.165) is 5.69 Å². The van der Waals surface area contributed by atoms with Crippen molar-refractivity contribution in [2.45, 2.75) is 13.5 Å². The molecule has 18 heavy (non-hydrogen) atoms. The topological polar surface area (TPSA) is 104 Å². The molecule has 0 unspecified atom stereocenters. The summed E-state index contributed by atoms with van der Waals surface area (Å²) in [6.07, 6.45) is 1.72. The summed E-state index contributed by atoms with van der Waals surface area (Å²) >= 11 is 0. The average Bonchev–Trinajstić information content (AvgIpc) is 2.94. The van der Waals surface area contributed by atoms with Crippen LogP contribution in [0.5, 0.6) is 0 Å². The number of hydrogen-bond acceptors (Lipinski definition) is 5. The molecule has 0 spiro atoms. The number of hydrogen-bond donors (Lipinski definition) is 2. The first-order valence-corrected chi connectivity index (χ1v) is 5.49. The molecule has 0 saturated carbocycles. The van der Waals surface area contributed by atoms with E-state index in [4.69, 9.17) is 5.73 Å². The van der Waals surface area contributed by atoms with Crippen LogP contribution in [0.2, 0.25) is 0 Å². The standard InChI is InChI=1S/C10H15N7O/c1-7-3-9(14-16(7)2)17-6-8(13-15-17)5-12-10(18)4-11/h3,6H,4-5,11H2,1-2H3,(H,12,18). The van der Waals surface area contributed by atoms with Crippen LogP contribution < -0.4 is 11.1 Å². The molecule has 2 aromatic rings. The molecular weight excluding hydrogens is 234 g/mol. The van der Waals surface area contributed by atoms with E-state index in [1.807, 2.05) is 20.0 Å². The molecule has 2 aromatic heterocycles. The molecule has 1 amide bonds. The number of aromatic nitrogens is 5. The number of carbonyl (C=O) groups excluding carboxylic acids is 1. The third-order valence-corrected chi connectivity index (χ3v) is 2.53. The van der Waals surface area contributed by atoms with Crippen LogP contribution in [0.3, 0.4) is 0 Å². The Morgan fingerprint density at radius 1 is 1.56 bits per heavy atom.